The van der Waals surface area contributed by atoms with E-state index in [0.717, 1.165) is 43.5 Å². The fourth-order valence-corrected chi connectivity index (χ4v) is 4.91. The highest BCUT2D eigenvalue weighted by molar-refractivity contribution is 5.76. The van der Waals surface area contributed by atoms with Crippen LogP contribution in [0, 0.1) is 0 Å². The van der Waals surface area contributed by atoms with Crippen LogP contribution >= 0.6 is 0 Å². The molecule has 0 saturated carbocycles. The summed E-state index contributed by atoms with van der Waals surface area (Å²) in [4.78, 5) is 18.3. The Labute approximate surface area is 150 Å². The fraction of sp³-hybridized carbons (Fsp3) is 0.500. The number of rotatable bonds is 2. The standard InChI is InChI=1S/C21H24N2O.CH4/c24-21-17-8-2-1-7-15(17)19-12-18-14(13-23-10-3-4-11-23)6-5-9-16(18)20(19)22-21;/h5-6,9H,1-4,7-8,10-13H2,(H,22,24);1H4. The third-order valence-corrected chi connectivity index (χ3v) is 6.14. The summed E-state index contributed by atoms with van der Waals surface area (Å²) < 4.78 is 0. The minimum atomic E-state index is 0. The SMILES string of the molecule is C.O=c1[nH]c2c(c3c1CCCC3)Cc1c(CN3CCCC3)cccc1-2. The molecule has 3 nitrogen and oxygen atoms in total. The number of aromatic amines is 1. The van der Waals surface area contributed by atoms with E-state index in [0.29, 0.717) is 0 Å². The second kappa shape index (κ2) is 6.45. The Kier molecular flexibility index (Phi) is 4.28. The van der Waals surface area contributed by atoms with Gasteiger partial charge in [-0.2, -0.15) is 0 Å². The van der Waals surface area contributed by atoms with Gasteiger partial charge in [-0.15, -0.1) is 0 Å². The zero-order valence-corrected chi connectivity index (χ0v) is 14.2. The van der Waals surface area contributed by atoms with Crippen molar-refractivity contribution in [1.29, 1.82) is 0 Å². The van der Waals surface area contributed by atoms with Gasteiger partial charge in [0.2, 0.25) is 0 Å². The Morgan fingerprint density at radius 2 is 1.68 bits per heavy atom. The molecular weight excluding hydrogens is 308 g/mol. The van der Waals surface area contributed by atoms with Crippen molar-refractivity contribution in [3.05, 3.63) is 56.4 Å². The summed E-state index contributed by atoms with van der Waals surface area (Å²) in [6, 6.07) is 6.64. The summed E-state index contributed by atoms with van der Waals surface area (Å²) in [5.41, 5.74) is 9.28. The summed E-state index contributed by atoms with van der Waals surface area (Å²) in [5.74, 6) is 0. The highest BCUT2D eigenvalue weighted by Crippen LogP contribution is 2.40. The monoisotopic (exact) mass is 336 g/mol. The van der Waals surface area contributed by atoms with Gasteiger partial charge in [-0.1, -0.05) is 25.6 Å². The maximum atomic E-state index is 12.5. The second-order valence-corrected chi connectivity index (χ2v) is 7.58. The van der Waals surface area contributed by atoms with Crippen LogP contribution in [-0.2, 0) is 25.8 Å². The Hall–Kier alpha value is -1.87. The van der Waals surface area contributed by atoms with Crippen molar-refractivity contribution < 1.29 is 0 Å². The number of nitrogens with zero attached hydrogens (tertiary/aromatic N) is 1. The molecule has 1 N–H and O–H groups in total. The molecule has 3 heteroatoms. The van der Waals surface area contributed by atoms with Gasteiger partial charge in [0.25, 0.3) is 5.56 Å². The van der Waals surface area contributed by atoms with Gasteiger partial charge in [0, 0.05) is 24.1 Å². The Balaban J connectivity index is 0.00000157. The average Bonchev–Trinajstić information content (AvgIpc) is 3.24. The smallest absolute Gasteiger partial charge is 0.251 e. The van der Waals surface area contributed by atoms with Crippen molar-refractivity contribution in [2.75, 3.05) is 13.1 Å². The number of benzene rings is 1. The number of hydrogen-bond acceptors (Lipinski definition) is 2. The molecule has 1 aromatic carbocycles. The first-order valence-corrected chi connectivity index (χ1v) is 9.41. The van der Waals surface area contributed by atoms with Crippen LogP contribution < -0.4 is 5.56 Å². The molecule has 1 aliphatic heterocycles. The Morgan fingerprint density at radius 1 is 0.920 bits per heavy atom. The zero-order valence-electron chi connectivity index (χ0n) is 14.2. The predicted octanol–water partition coefficient (Wildman–Crippen LogP) is 4.06. The van der Waals surface area contributed by atoms with E-state index in [1.807, 2.05) is 0 Å². The molecular formula is C22H28N2O. The summed E-state index contributed by atoms with van der Waals surface area (Å²) in [6.45, 7) is 3.51. The van der Waals surface area contributed by atoms with E-state index in [1.54, 1.807) is 0 Å². The highest BCUT2D eigenvalue weighted by atomic mass is 16.1. The number of nitrogens with one attached hydrogen (secondary N) is 1. The highest BCUT2D eigenvalue weighted by Gasteiger charge is 2.28. The molecule has 0 spiro atoms. The van der Waals surface area contributed by atoms with E-state index in [4.69, 9.17) is 0 Å². The Bertz CT molecular complexity index is 859. The van der Waals surface area contributed by atoms with Gasteiger partial charge in [0.15, 0.2) is 0 Å². The van der Waals surface area contributed by atoms with Crippen LogP contribution in [0.25, 0.3) is 11.3 Å². The first-order chi connectivity index (χ1) is 11.8. The van der Waals surface area contributed by atoms with Crippen LogP contribution in [0.4, 0.5) is 0 Å². The van der Waals surface area contributed by atoms with Gasteiger partial charge >= 0.3 is 0 Å². The van der Waals surface area contributed by atoms with E-state index in [-0.39, 0.29) is 13.0 Å². The predicted molar refractivity (Wildman–Crippen MR) is 103 cm³/mol. The lowest BCUT2D eigenvalue weighted by molar-refractivity contribution is 0.330. The Morgan fingerprint density at radius 3 is 2.48 bits per heavy atom. The number of fused-ring (bicyclic) bond motifs is 5. The van der Waals surface area contributed by atoms with E-state index in [2.05, 4.69) is 28.1 Å². The summed E-state index contributed by atoms with van der Waals surface area (Å²) in [6.07, 6.45) is 8.08. The van der Waals surface area contributed by atoms with Crippen molar-refractivity contribution in [3.63, 3.8) is 0 Å². The number of likely N-dealkylation sites (tertiary alicyclic amines) is 1. The summed E-state index contributed by atoms with van der Waals surface area (Å²) in [7, 11) is 0. The van der Waals surface area contributed by atoms with Crippen LogP contribution in [-0.4, -0.2) is 23.0 Å². The lowest BCUT2D eigenvalue weighted by Crippen LogP contribution is -2.21. The number of H-pyrrole nitrogens is 1. The second-order valence-electron chi connectivity index (χ2n) is 7.58. The minimum Gasteiger partial charge on any atom is -0.321 e. The fourth-order valence-electron chi connectivity index (χ4n) is 4.91. The van der Waals surface area contributed by atoms with Crippen LogP contribution in [0.3, 0.4) is 0 Å². The molecule has 2 heterocycles. The van der Waals surface area contributed by atoms with Crippen molar-refractivity contribution in [2.45, 2.75) is 58.9 Å². The normalized spacial score (nSPS) is 18.4. The number of hydrogen-bond donors (Lipinski definition) is 1. The minimum absolute atomic E-state index is 0. The number of pyridine rings is 1. The zero-order chi connectivity index (χ0) is 16.1. The maximum Gasteiger partial charge on any atom is 0.251 e. The lowest BCUT2D eigenvalue weighted by Gasteiger charge is -2.18. The molecule has 25 heavy (non-hydrogen) atoms. The molecule has 1 saturated heterocycles. The molecule has 1 aromatic heterocycles. The molecule has 0 bridgehead atoms. The van der Waals surface area contributed by atoms with Gasteiger partial charge in [0.1, 0.15) is 0 Å². The summed E-state index contributed by atoms with van der Waals surface area (Å²) >= 11 is 0. The van der Waals surface area contributed by atoms with Crippen molar-refractivity contribution in [2.24, 2.45) is 0 Å². The van der Waals surface area contributed by atoms with E-state index >= 15 is 0 Å². The quantitative estimate of drug-likeness (QED) is 0.766. The molecule has 3 aliphatic rings. The third kappa shape index (κ3) is 2.65. The molecule has 0 radical (unpaired) electrons. The molecule has 5 rings (SSSR count). The van der Waals surface area contributed by atoms with Gasteiger partial charge in [-0.3, -0.25) is 9.69 Å². The molecule has 0 amide bonds. The number of aromatic nitrogens is 1. The van der Waals surface area contributed by atoms with Crippen LogP contribution in [0.2, 0.25) is 0 Å². The van der Waals surface area contributed by atoms with Gasteiger partial charge in [-0.25, -0.2) is 0 Å². The van der Waals surface area contributed by atoms with Crippen LogP contribution in [0.5, 0.6) is 0 Å². The van der Waals surface area contributed by atoms with Crippen molar-refractivity contribution in [1.82, 2.24) is 9.88 Å². The molecule has 2 aliphatic carbocycles. The van der Waals surface area contributed by atoms with Gasteiger partial charge < -0.3 is 4.98 Å². The molecule has 132 valence electrons. The first kappa shape index (κ1) is 16.6. The van der Waals surface area contributed by atoms with E-state index in [1.165, 1.54) is 60.2 Å². The van der Waals surface area contributed by atoms with Crippen LogP contribution in [0.1, 0.15) is 60.9 Å². The van der Waals surface area contributed by atoms with Crippen molar-refractivity contribution >= 4 is 0 Å². The third-order valence-electron chi connectivity index (χ3n) is 6.14. The van der Waals surface area contributed by atoms with Crippen molar-refractivity contribution in [3.8, 4) is 11.3 Å². The topological polar surface area (TPSA) is 36.1 Å². The lowest BCUT2D eigenvalue weighted by atomic mass is 9.88. The van der Waals surface area contributed by atoms with E-state index in [9.17, 15) is 4.79 Å². The largest absolute Gasteiger partial charge is 0.321 e. The van der Waals surface area contributed by atoms with E-state index < -0.39 is 0 Å². The summed E-state index contributed by atoms with van der Waals surface area (Å²) in [5, 5.41) is 0. The molecule has 1 fully saturated rings. The maximum absolute atomic E-state index is 12.5. The molecule has 0 unspecified atom stereocenters. The first-order valence-electron chi connectivity index (χ1n) is 9.41. The molecule has 0 atom stereocenters. The average molecular weight is 336 g/mol. The van der Waals surface area contributed by atoms with Crippen LogP contribution in [0.15, 0.2) is 23.0 Å². The van der Waals surface area contributed by atoms with Gasteiger partial charge in [-0.05, 0) is 73.9 Å². The molecule has 2 aromatic rings. The van der Waals surface area contributed by atoms with Gasteiger partial charge in [0.05, 0.1) is 5.69 Å².